The summed E-state index contributed by atoms with van der Waals surface area (Å²) in [6.45, 7) is 6.27. The van der Waals surface area contributed by atoms with Crippen LogP contribution in [0.1, 0.15) is 51.1 Å². The maximum absolute atomic E-state index is 6.15. The lowest BCUT2D eigenvalue weighted by Crippen LogP contribution is -2.33. The molecule has 0 aliphatic heterocycles. The Morgan fingerprint density at radius 3 is 2.53 bits per heavy atom. The van der Waals surface area contributed by atoms with E-state index in [9.17, 15) is 0 Å². The first kappa shape index (κ1) is 14.5. The molecule has 0 amide bonds. The van der Waals surface area contributed by atoms with Crippen LogP contribution < -0.4 is 5.32 Å². The van der Waals surface area contributed by atoms with Crippen LogP contribution in [0.25, 0.3) is 0 Å². The average molecular weight is 261 g/mol. The van der Waals surface area contributed by atoms with E-state index in [-0.39, 0.29) is 6.10 Å². The van der Waals surface area contributed by atoms with Gasteiger partial charge in [-0.15, -0.1) is 0 Å². The zero-order chi connectivity index (χ0) is 13.5. The first-order chi connectivity index (χ1) is 9.35. The third kappa shape index (κ3) is 4.63. The molecule has 1 aliphatic carbocycles. The van der Waals surface area contributed by atoms with Gasteiger partial charge in [0.15, 0.2) is 0 Å². The molecule has 0 spiro atoms. The van der Waals surface area contributed by atoms with Crippen molar-refractivity contribution in [2.24, 2.45) is 5.92 Å². The lowest BCUT2D eigenvalue weighted by molar-refractivity contribution is 0.0204. The predicted molar refractivity (Wildman–Crippen MR) is 80.2 cm³/mol. The van der Waals surface area contributed by atoms with Gasteiger partial charge in [0.05, 0.1) is 12.1 Å². The molecule has 0 saturated heterocycles. The van der Waals surface area contributed by atoms with Crippen LogP contribution in [-0.2, 0) is 4.74 Å². The summed E-state index contributed by atoms with van der Waals surface area (Å²) >= 11 is 0. The molecule has 19 heavy (non-hydrogen) atoms. The van der Waals surface area contributed by atoms with Crippen LogP contribution in [0.2, 0.25) is 0 Å². The number of hydrogen-bond donors (Lipinski definition) is 1. The van der Waals surface area contributed by atoms with Gasteiger partial charge in [-0.1, -0.05) is 57.0 Å². The molecule has 1 aromatic carbocycles. The molecule has 2 nitrogen and oxygen atoms in total. The second-order valence-electron chi connectivity index (χ2n) is 5.50. The lowest BCUT2D eigenvalue weighted by atomic mass is 9.99. The summed E-state index contributed by atoms with van der Waals surface area (Å²) in [5, 5.41) is 3.58. The smallest absolute Gasteiger partial charge is 0.0767 e. The zero-order valence-electron chi connectivity index (χ0n) is 12.3. The van der Waals surface area contributed by atoms with Gasteiger partial charge < -0.3 is 10.1 Å². The van der Waals surface area contributed by atoms with Gasteiger partial charge in [0.25, 0.3) is 0 Å². The van der Waals surface area contributed by atoms with Crippen molar-refractivity contribution in [3.63, 3.8) is 0 Å². The Hall–Kier alpha value is -0.860. The summed E-state index contributed by atoms with van der Waals surface area (Å²) in [5.41, 5.74) is 1.34. The molecule has 0 heterocycles. The highest BCUT2D eigenvalue weighted by atomic mass is 16.5. The van der Waals surface area contributed by atoms with E-state index in [1.54, 1.807) is 0 Å². The molecular formula is C17H27NO. The Labute approximate surface area is 117 Å². The molecule has 2 unspecified atom stereocenters. The molecule has 0 bridgehead atoms. The third-order valence-corrected chi connectivity index (χ3v) is 3.91. The van der Waals surface area contributed by atoms with Crippen LogP contribution in [0.5, 0.6) is 0 Å². The fourth-order valence-corrected chi connectivity index (χ4v) is 2.59. The zero-order valence-corrected chi connectivity index (χ0v) is 12.3. The summed E-state index contributed by atoms with van der Waals surface area (Å²) in [4.78, 5) is 0. The van der Waals surface area contributed by atoms with Crippen molar-refractivity contribution in [3.05, 3.63) is 35.9 Å². The van der Waals surface area contributed by atoms with Crippen LogP contribution in [0.3, 0.4) is 0 Å². The highest BCUT2D eigenvalue weighted by Gasteiger charge is 2.24. The van der Waals surface area contributed by atoms with Crippen molar-refractivity contribution in [1.29, 1.82) is 0 Å². The number of ether oxygens (including phenoxy) is 1. The molecule has 2 heteroatoms. The van der Waals surface area contributed by atoms with Gasteiger partial charge in [0, 0.05) is 6.61 Å². The number of likely N-dealkylation sites (N-methyl/N-ethyl adjacent to an activating group) is 1. The molecule has 1 saturated carbocycles. The Kier molecular flexibility index (Phi) is 5.87. The number of nitrogens with one attached hydrogen (secondary N) is 1. The van der Waals surface area contributed by atoms with E-state index >= 15 is 0 Å². The predicted octanol–water partition coefficient (Wildman–Crippen LogP) is 3.93. The van der Waals surface area contributed by atoms with Crippen molar-refractivity contribution in [2.45, 2.75) is 51.7 Å². The fourth-order valence-electron chi connectivity index (χ4n) is 2.59. The molecule has 0 aromatic heterocycles. The largest absolute Gasteiger partial charge is 0.376 e. The van der Waals surface area contributed by atoms with E-state index in [4.69, 9.17) is 4.74 Å². The number of rotatable bonds is 9. The van der Waals surface area contributed by atoms with E-state index in [1.165, 1.54) is 24.8 Å². The van der Waals surface area contributed by atoms with Gasteiger partial charge in [-0.25, -0.2) is 0 Å². The average Bonchev–Trinajstić information content (AvgIpc) is 3.27. The molecule has 1 aliphatic rings. The monoisotopic (exact) mass is 261 g/mol. The fraction of sp³-hybridized carbons (Fsp3) is 0.647. The van der Waals surface area contributed by atoms with Crippen LogP contribution >= 0.6 is 0 Å². The second-order valence-corrected chi connectivity index (χ2v) is 5.50. The summed E-state index contributed by atoms with van der Waals surface area (Å²) in [6.07, 6.45) is 5.40. The van der Waals surface area contributed by atoms with Gasteiger partial charge in [-0.3, -0.25) is 0 Å². The maximum atomic E-state index is 6.15. The summed E-state index contributed by atoms with van der Waals surface area (Å²) < 4.78 is 6.15. The van der Waals surface area contributed by atoms with Gasteiger partial charge in [0.2, 0.25) is 0 Å². The number of hydrogen-bond acceptors (Lipinski definition) is 2. The summed E-state index contributed by atoms with van der Waals surface area (Å²) in [7, 11) is 0. The van der Waals surface area contributed by atoms with Gasteiger partial charge >= 0.3 is 0 Å². The van der Waals surface area contributed by atoms with Crippen LogP contribution in [-0.4, -0.2) is 19.3 Å². The molecule has 1 fully saturated rings. The Bertz CT molecular complexity index is 348. The van der Waals surface area contributed by atoms with Crippen LogP contribution in [0, 0.1) is 5.92 Å². The van der Waals surface area contributed by atoms with E-state index in [0.717, 1.165) is 25.5 Å². The van der Waals surface area contributed by atoms with Gasteiger partial charge in [-0.2, -0.15) is 0 Å². The van der Waals surface area contributed by atoms with Crippen LogP contribution in [0.15, 0.2) is 30.3 Å². The molecule has 1 aromatic rings. The highest BCUT2D eigenvalue weighted by molar-refractivity contribution is 5.20. The Morgan fingerprint density at radius 1 is 1.21 bits per heavy atom. The minimum atomic E-state index is 0.279. The summed E-state index contributed by atoms with van der Waals surface area (Å²) in [6, 6.07) is 11.0. The van der Waals surface area contributed by atoms with Crippen molar-refractivity contribution in [3.8, 4) is 0 Å². The third-order valence-electron chi connectivity index (χ3n) is 3.91. The topological polar surface area (TPSA) is 21.3 Å². The SMILES string of the molecule is CCNC(c1ccccc1)C(CC)OCCC1CC1. The highest BCUT2D eigenvalue weighted by Crippen LogP contribution is 2.32. The molecule has 0 radical (unpaired) electrons. The van der Waals surface area contributed by atoms with Gasteiger partial charge in [-0.05, 0) is 30.9 Å². The first-order valence-corrected chi connectivity index (χ1v) is 7.75. The first-order valence-electron chi connectivity index (χ1n) is 7.75. The van der Waals surface area contributed by atoms with Crippen molar-refractivity contribution in [1.82, 2.24) is 5.32 Å². The van der Waals surface area contributed by atoms with Crippen molar-refractivity contribution < 1.29 is 4.74 Å². The second kappa shape index (κ2) is 7.66. The molecule has 106 valence electrons. The van der Waals surface area contributed by atoms with E-state index in [2.05, 4.69) is 49.5 Å². The van der Waals surface area contributed by atoms with Gasteiger partial charge in [0.1, 0.15) is 0 Å². The molecule has 2 rings (SSSR count). The van der Waals surface area contributed by atoms with Crippen molar-refractivity contribution >= 4 is 0 Å². The lowest BCUT2D eigenvalue weighted by Gasteiger charge is -2.27. The van der Waals surface area contributed by atoms with E-state index in [1.807, 2.05) is 0 Å². The van der Waals surface area contributed by atoms with E-state index in [0.29, 0.717) is 6.04 Å². The quantitative estimate of drug-likeness (QED) is 0.727. The van der Waals surface area contributed by atoms with E-state index < -0.39 is 0 Å². The molecule has 1 N–H and O–H groups in total. The minimum absolute atomic E-state index is 0.279. The normalized spacial score (nSPS) is 18.2. The summed E-state index contributed by atoms with van der Waals surface area (Å²) in [5.74, 6) is 0.951. The Balaban J connectivity index is 1.93. The molecular weight excluding hydrogens is 234 g/mol. The van der Waals surface area contributed by atoms with Crippen LogP contribution in [0.4, 0.5) is 0 Å². The Morgan fingerprint density at radius 2 is 1.95 bits per heavy atom. The standard InChI is InChI=1S/C17H27NO/c1-3-16(19-13-12-14-10-11-14)17(18-4-2)15-8-6-5-7-9-15/h5-9,14,16-18H,3-4,10-13H2,1-2H3. The maximum Gasteiger partial charge on any atom is 0.0767 e. The van der Waals surface area contributed by atoms with Crippen molar-refractivity contribution in [2.75, 3.05) is 13.2 Å². The number of benzene rings is 1. The molecule has 2 atom stereocenters. The minimum Gasteiger partial charge on any atom is -0.376 e.